The van der Waals surface area contributed by atoms with Crippen molar-refractivity contribution in [1.82, 2.24) is 4.90 Å². The molecule has 0 aliphatic carbocycles. The molecule has 1 aliphatic heterocycles. The van der Waals surface area contributed by atoms with Gasteiger partial charge in [0.1, 0.15) is 18.5 Å². The van der Waals surface area contributed by atoms with Gasteiger partial charge in [0.25, 0.3) is 0 Å². The Hall–Kier alpha value is -1.75. The monoisotopic (exact) mass is 305 g/mol. The lowest BCUT2D eigenvalue weighted by Crippen LogP contribution is -2.38. The van der Waals surface area contributed by atoms with E-state index in [-0.39, 0.29) is 13.2 Å². The molecule has 1 fully saturated rings. The van der Waals surface area contributed by atoms with Crippen LogP contribution in [0.4, 0.5) is 0 Å². The molecule has 0 spiro atoms. The second-order valence-corrected chi connectivity index (χ2v) is 5.88. The lowest BCUT2D eigenvalue weighted by molar-refractivity contribution is 0.114. The van der Waals surface area contributed by atoms with Gasteiger partial charge < -0.3 is 20.5 Å². The van der Waals surface area contributed by atoms with Gasteiger partial charge in [-0.25, -0.2) is 0 Å². The van der Waals surface area contributed by atoms with Crippen LogP contribution in [-0.2, 0) is 0 Å². The highest BCUT2D eigenvalue weighted by molar-refractivity contribution is 5.78. The van der Waals surface area contributed by atoms with Crippen LogP contribution < -0.4 is 10.5 Å². The lowest BCUT2D eigenvalue weighted by Gasteiger charge is -2.21. The maximum Gasteiger partial charge on any atom is 0.191 e. The minimum Gasteiger partial charge on any atom is -0.491 e. The second-order valence-electron chi connectivity index (χ2n) is 5.88. The molecule has 0 aromatic heterocycles. The van der Waals surface area contributed by atoms with E-state index in [1.165, 1.54) is 12.8 Å². The Balaban J connectivity index is 1.76. The molecule has 1 saturated heterocycles. The molecular formula is C17H27N3O2. The van der Waals surface area contributed by atoms with Crippen LogP contribution in [0.2, 0.25) is 0 Å². The molecule has 1 atom stereocenters. The van der Waals surface area contributed by atoms with Gasteiger partial charge in [-0.3, -0.25) is 4.99 Å². The standard InChI is InChI=1S/C17H27N3O2/c1-14-7-6-8-16(11-14)22-13-15(21)12-19-17(18)20-9-4-2-3-5-10-20/h6-8,11,15,21H,2-5,9-10,12-13H2,1H3,(H2,18,19). The fraction of sp³-hybridized carbons (Fsp3) is 0.588. The Bertz CT molecular complexity index is 483. The van der Waals surface area contributed by atoms with E-state index in [1.807, 2.05) is 31.2 Å². The van der Waals surface area contributed by atoms with Crippen LogP contribution in [0.1, 0.15) is 31.2 Å². The molecule has 122 valence electrons. The molecule has 0 radical (unpaired) electrons. The van der Waals surface area contributed by atoms with Crippen LogP contribution in [0.15, 0.2) is 29.3 Å². The first-order valence-electron chi connectivity index (χ1n) is 8.07. The SMILES string of the molecule is Cc1cccc(OCC(O)CN=C(N)N2CCCCCC2)c1. The highest BCUT2D eigenvalue weighted by Crippen LogP contribution is 2.12. The van der Waals surface area contributed by atoms with Crippen LogP contribution in [-0.4, -0.2) is 48.3 Å². The number of nitrogens with two attached hydrogens (primary N) is 1. The first-order valence-corrected chi connectivity index (χ1v) is 8.07. The van der Waals surface area contributed by atoms with Crippen molar-refractivity contribution < 1.29 is 9.84 Å². The number of aliphatic imine (C=N–C) groups is 1. The molecule has 5 nitrogen and oxygen atoms in total. The molecule has 1 heterocycles. The number of benzene rings is 1. The number of rotatable bonds is 5. The van der Waals surface area contributed by atoms with Gasteiger partial charge in [0.05, 0.1) is 6.54 Å². The Morgan fingerprint density at radius 2 is 2.05 bits per heavy atom. The number of ether oxygens (including phenoxy) is 1. The van der Waals surface area contributed by atoms with Crippen molar-refractivity contribution >= 4 is 5.96 Å². The zero-order chi connectivity index (χ0) is 15.8. The fourth-order valence-electron chi connectivity index (χ4n) is 2.55. The number of likely N-dealkylation sites (tertiary alicyclic amines) is 1. The predicted molar refractivity (Wildman–Crippen MR) is 89.2 cm³/mol. The topological polar surface area (TPSA) is 71.1 Å². The third-order valence-corrected chi connectivity index (χ3v) is 3.83. The quantitative estimate of drug-likeness (QED) is 0.644. The number of hydrogen-bond donors (Lipinski definition) is 2. The van der Waals surface area contributed by atoms with E-state index >= 15 is 0 Å². The van der Waals surface area contributed by atoms with Gasteiger partial charge in [-0.1, -0.05) is 25.0 Å². The van der Waals surface area contributed by atoms with E-state index in [1.54, 1.807) is 0 Å². The Kier molecular flexibility index (Phi) is 6.52. The highest BCUT2D eigenvalue weighted by Gasteiger charge is 2.12. The van der Waals surface area contributed by atoms with Crippen LogP contribution in [0.3, 0.4) is 0 Å². The molecule has 1 aliphatic rings. The summed E-state index contributed by atoms with van der Waals surface area (Å²) in [6, 6.07) is 7.78. The Morgan fingerprint density at radius 3 is 2.73 bits per heavy atom. The third kappa shape index (κ3) is 5.56. The van der Waals surface area contributed by atoms with Gasteiger partial charge in [-0.05, 0) is 37.5 Å². The van der Waals surface area contributed by atoms with Gasteiger partial charge in [0.15, 0.2) is 5.96 Å². The van der Waals surface area contributed by atoms with Gasteiger partial charge in [0.2, 0.25) is 0 Å². The molecule has 5 heteroatoms. The van der Waals surface area contributed by atoms with Crippen molar-refractivity contribution in [2.75, 3.05) is 26.2 Å². The first-order chi connectivity index (χ1) is 10.6. The summed E-state index contributed by atoms with van der Waals surface area (Å²) in [4.78, 5) is 6.42. The van der Waals surface area contributed by atoms with E-state index in [4.69, 9.17) is 10.5 Å². The van der Waals surface area contributed by atoms with E-state index in [0.29, 0.717) is 5.96 Å². The van der Waals surface area contributed by atoms with Crippen molar-refractivity contribution in [2.24, 2.45) is 10.7 Å². The number of aliphatic hydroxyl groups excluding tert-OH is 1. The normalized spacial score (nSPS) is 17.9. The summed E-state index contributed by atoms with van der Waals surface area (Å²) < 4.78 is 5.57. The number of aryl methyl sites for hydroxylation is 1. The van der Waals surface area contributed by atoms with Crippen LogP contribution in [0, 0.1) is 6.92 Å². The third-order valence-electron chi connectivity index (χ3n) is 3.83. The summed E-state index contributed by atoms with van der Waals surface area (Å²) in [5, 5.41) is 9.98. The number of aliphatic hydroxyl groups is 1. The van der Waals surface area contributed by atoms with Gasteiger partial charge in [-0.2, -0.15) is 0 Å². The van der Waals surface area contributed by atoms with E-state index < -0.39 is 6.10 Å². The van der Waals surface area contributed by atoms with Gasteiger partial charge in [0, 0.05) is 13.1 Å². The predicted octanol–water partition coefficient (Wildman–Crippen LogP) is 1.93. The van der Waals surface area contributed by atoms with Crippen molar-refractivity contribution in [3.63, 3.8) is 0 Å². The maximum atomic E-state index is 9.98. The molecule has 22 heavy (non-hydrogen) atoms. The zero-order valence-corrected chi connectivity index (χ0v) is 13.4. The largest absolute Gasteiger partial charge is 0.491 e. The van der Waals surface area contributed by atoms with Crippen LogP contribution in [0.25, 0.3) is 0 Å². The highest BCUT2D eigenvalue weighted by atomic mass is 16.5. The number of hydrogen-bond acceptors (Lipinski definition) is 3. The summed E-state index contributed by atoms with van der Waals surface area (Å²) >= 11 is 0. The number of nitrogens with zero attached hydrogens (tertiary/aromatic N) is 2. The van der Waals surface area contributed by atoms with Gasteiger partial charge in [-0.15, -0.1) is 0 Å². The average molecular weight is 305 g/mol. The summed E-state index contributed by atoms with van der Waals surface area (Å²) in [7, 11) is 0. The minimum absolute atomic E-state index is 0.222. The Labute approximate surface area is 132 Å². The van der Waals surface area contributed by atoms with Crippen LogP contribution in [0.5, 0.6) is 5.75 Å². The lowest BCUT2D eigenvalue weighted by atomic mass is 10.2. The fourth-order valence-corrected chi connectivity index (χ4v) is 2.55. The molecule has 1 unspecified atom stereocenters. The van der Waals surface area contributed by atoms with Crippen molar-refractivity contribution in [3.8, 4) is 5.75 Å². The summed E-state index contributed by atoms with van der Waals surface area (Å²) in [6.07, 6.45) is 4.20. The van der Waals surface area contributed by atoms with Crippen molar-refractivity contribution in [3.05, 3.63) is 29.8 Å². The second kappa shape index (κ2) is 8.63. The zero-order valence-electron chi connectivity index (χ0n) is 13.4. The Morgan fingerprint density at radius 1 is 1.32 bits per heavy atom. The summed E-state index contributed by atoms with van der Waals surface area (Å²) in [5.41, 5.74) is 7.15. The molecule has 0 amide bonds. The van der Waals surface area contributed by atoms with Gasteiger partial charge >= 0.3 is 0 Å². The van der Waals surface area contributed by atoms with E-state index in [2.05, 4.69) is 9.89 Å². The average Bonchev–Trinajstić information content (AvgIpc) is 2.80. The van der Waals surface area contributed by atoms with Crippen LogP contribution >= 0.6 is 0 Å². The van der Waals surface area contributed by atoms with E-state index in [9.17, 15) is 5.11 Å². The number of guanidine groups is 1. The molecular weight excluding hydrogens is 278 g/mol. The van der Waals surface area contributed by atoms with Crippen molar-refractivity contribution in [1.29, 1.82) is 0 Å². The molecule has 2 rings (SSSR count). The molecule has 0 bridgehead atoms. The first kappa shape index (κ1) is 16.6. The molecule has 0 saturated carbocycles. The van der Waals surface area contributed by atoms with E-state index in [0.717, 1.165) is 37.2 Å². The summed E-state index contributed by atoms with van der Waals surface area (Å²) in [6.45, 7) is 4.43. The minimum atomic E-state index is -0.647. The molecule has 1 aromatic rings. The summed E-state index contributed by atoms with van der Waals surface area (Å²) in [5.74, 6) is 1.31. The smallest absolute Gasteiger partial charge is 0.191 e. The maximum absolute atomic E-state index is 9.98. The molecule has 3 N–H and O–H groups in total. The molecule has 1 aromatic carbocycles. The van der Waals surface area contributed by atoms with Crippen molar-refractivity contribution in [2.45, 2.75) is 38.7 Å².